The molecule has 5 heteroatoms. The summed E-state index contributed by atoms with van der Waals surface area (Å²) in [7, 11) is 0. The van der Waals surface area contributed by atoms with E-state index < -0.39 is 29.4 Å². The summed E-state index contributed by atoms with van der Waals surface area (Å²) < 4.78 is 0. The van der Waals surface area contributed by atoms with E-state index in [1.807, 2.05) is 44.2 Å². The lowest BCUT2D eigenvalue weighted by molar-refractivity contribution is -0.127. The lowest BCUT2D eigenvalue weighted by atomic mass is 9.87. The number of hydrogen-bond acceptors (Lipinski definition) is 4. The van der Waals surface area contributed by atoms with Crippen LogP contribution in [0.15, 0.2) is 60.7 Å². The van der Waals surface area contributed by atoms with Gasteiger partial charge in [0.15, 0.2) is 11.3 Å². The maximum absolute atomic E-state index is 12.7. The quantitative estimate of drug-likeness (QED) is 0.555. The van der Waals surface area contributed by atoms with Gasteiger partial charge < -0.3 is 16.2 Å². The van der Waals surface area contributed by atoms with Gasteiger partial charge in [-0.15, -0.1) is 0 Å². The summed E-state index contributed by atoms with van der Waals surface area (Å²) in [6.45, 7) is 2.84. The molecule has 1 amide bonds. The van der Waals surface area contributed by atoms with Crippen LogP contribution in [0.4, 0.5) is 0 Å². The van der Waals surface area contributed by atoms with Crippen LogP contribution in [0, 0.1) is 0 Å². The molecule has 0 heterocycles. The second-order valence-corrected chi connectivity index (χ2v) is 6.27. The minimum absolute atomic E-state index is 0.279. The van der Waals surface area contributed by atoms with Gasteiger partial charge in [-0.2, -0.15) is 0 Å². The van der Waals surface area contributed by atoms with E-state index in [0.29, 0.717) is 0 Å². The molecule has 126 valence electrons. The molecule has 1 atom stereocenters. The molecule has 2 aromatic carbocycles. The van der Waals surface area contributed by atoms with Crippen molar-refractivity contribution in [2.75, 3.05) is 6.61 Å². The van der Waals surface area contributed by atoms with Crippen molar-refractivity contribution in [2.45, 2.75) is 24.9 Å². The van der Waals surface area contributed by atoms with Gasteiger partial charge in [0.25, 0.3) is 5.91 Å². The van der Waals surface area contributed by atoms with Crippen molar-refractivity contribution in [2.24, 2.45) is 5.73 Å². The highest BCUT2D eigenvalue weighted by Crippen LogP contribution is 2.21. The van der Waals surface area contributed by atoms with Crippen molar-refractivity contribution in [3.63, 3.8) is 0 Å². The summed E-state index contributed by atoms with van der Waals surface area (Å²) in [5.74, 6) is -1.33. The number of ketones is 1. The molecular weight excluding hydrogens is 304 g/mol. The van der Waals surface area contributed by atoms with Gasteiger partial charge in [-0.1, -0.05) is 60.7 Å². The lowest BCUT2D eigenvalue weighted by Gasteiger charge is -2.32. The number of nitrogens with two attached hydrogens (primary N) is 1. The Morgan fingerprint density at radius 2 is 1.50 bits per heavy atom. The number of rotatable bonds is 6. The number of carbonyl (C=O) groups excluding carboxylic acids is 2. The van der Waals surface area contributed by atoms with E-state index in [9.17, 15) is 14.7 Å². The predicted octanol–water partition coefficient (Wildman–Crippen LogP) is 1.61. The van der Waals surface area contributed by atoms with Gasteiger partial charge in [-0.05, 0) is 19.4 Å². The largest absolute Gasteiger partial charge is 0.393 e. The first kappa shape index (κ1) is 17.8. The van der Waals surface area contributed by atoms with Crippen molar-refractivity contribution >= 4 is 11.7 Å². The number of nitrogens with one attached hydrogen (secondary N) is 1. The van der Waals surface area contributed by atoms with Crippen LogP contribution in [0.2, 0.25) is 0 Å². The maximum Gasteiger partial charge on any atom is 0.251 e. The average Bonchev–Trinajstić information content (AvgIpc) is 2.61. The fraction of sp³-hybridized carbons (Fsp3) is 0.263. The molecule has 0 bridgehead atoms. The third-order valence-corrected chi connectivity index (χ3v) is 4.02. The lowest BCUT2D eigenvalue weighted by Crippen LogP contribution is -2.64. The van der Waals surface area contributed by atoms with Crippen LogP contribution in [-0.4, -0.2) is 28.9 Å². The summed E-state index contributed by atoms with van der Waals surface area (Å²) in [6, 6.07) is 17.6. The zero-order valence-corrected chi connectivity index (χ0v) is 13.8. The zero-order valence-electron chi connectivity index (χ0n) is 13.8. The average molecular weight is 326 g/mol. The Hall–Kier alpha value is -2.50. The molecule has 4 N–H and O–H groups in total. The van der Waals surface area contributed by atoms with Crippen molar-refractivity contribution in [1.29, 1.82) is 0 Å². The highest BCUT2D eigenvalue weighted by atomic mass is 16.3. The highest BCUT2D eigenvalue weighted by Gasteiger charge is 2.43. The van der Waals surface area contributed by atoms with E-state index in [0.717, 1.165) is 5.56 Å². The molecule has 0 spiro atoms. The second kappa shape index (κ2) is 6.95. The molecule has 0 unspecified atom stereocenters. The van der Waals surface area contributed by atoms with Crippen molar-refractivity contribution in [3.05, 3.63) is 71.8 Å². The maximum atomic E-state index is 12.7. The molecule has 0 saturated heterocycles. The van der Waals surface area contributed by atoms with Gasteiger partial charge in [-0.3, -0.25) is 9.59 Å². The summed E-state index contributed by atoms with van der Waals surface area (Å²) in [4.78, 5) is 25.3. The highest BCUT2D eigenvalue weighted by molar-refractivity contribution is 6.18. The third kappa shape index (κ3) is 3.53. The third-order valence-electron chi connectivity index (χ3n) is 4.02. The second-order valence-electron chi connectivity index (χ2n) is 6.27. The normalized spacial score (nSPS) is 13.8. The van der Waals surface area contributed by atoms with E-state index >= 15 is 0 Å². The number of aliphatic hydroxyl groups is 1. The summed E-state index contributed by atoms with van der Waals surface area (Å²) in [5.41, 5.74) is 4.36. The summed E-state index contributed by atoms with van der Waals surface area (Å²) >= 11 is 0. The van der Waals surface area contributed by atoms with Crippen LogP contribution in [0.1, 0.15) is 29.8 Å². The van der Waals surface area contributed by atoms with Crippen LogP contribution in [-0.2, 0) is 10.3 Å². The first-order valence-electron chi connectivity index (χ1n) is 7.69. The van der Waals surface area contributed by atoms with E-state index in [2.05, 4.69) is 5.32 Å². The molecule has 0 saturated carbocycles. The van der Waals surface area contributed by atoms with Gasteiger partial charge in [0.05, 0.1) is 12.1 Å². The molecule has 0 aromatic heterocycles. The Morgan fingerprint density at radius 1 is 1.00 bits per heavy atom. The monoisotopic (exact) mass is 326 g/mol. The zero-order chi connectivity index (χ0) is 17.8. The predicted molar refractivity (Wildman–Crippen MR) is 92.4 cm³/mol. The Morgan fingerprint density at radius 3 is 2.00 bits per heavy atom. The van der Waals surface area contributed by atoms with Gasteiger partial charge in [-0.25, -0.2) is 0 Å². The van der Waals surface area contributed by atoms with E-state index in [4.69, 9.17) is 5.73 Å². The molecule has 5 nitrogen and oxygen atoms in total. The van der Waals surface area contributed by atoms with Crippen LogP contribution in [0.5, 0.6) is 0 Å². The van der Waals surface area contributed by atoms with Crippen LogP contribution >= 0.6 is 0 Å². The number of aliphatic hydroxyl groups excluding tert-OH is 1. The SMILES string of the molecule is CC(C)(NC(=O)[C@](N)(CO)C(=O)c1ccccc1)c1ccccc1. The van der Waals surface area contributed by atoms with Gasteiger partial charge in [0, 0.05) is 5.56 Å². The smallest absolute Gasteiger partial charge is 0.251 e. The molecule has 2 aromatic rings. The van der Waals surface area contributed by atoms with E-state index in [1.165, 1.54) is 0 Å². The Balaban J connectivity index is 2.27. The van der Waals surface area contributed by atoms with Gasteiger partial charge in [0.1, 0.15) is 0 Å². The number of benzene rings is 2. The molecule has 0 aliphatic rings. The summed E-state index contributed by atoms with van der Waals surface area (Å²) in [5, 5.41) is 12.4. The Labute approximate surface area is 141 Å². The molecular formula is C19H22N2O3. The fourth-order valence-electron chi connectivity index (χ4n) is 2.42. The van der Waals surface area contributed by atoms with E-state index in [1.54, 1.807) is 30.3 Å². The molecule has 2 rings (SSSR count). The van der Waals surface area contributed by atoms with Crippen LogP contribution < -0.4 is 11.1 Å². The molecule has 0 aliphatic carbocycles. The van der Waals surface area contributed by atoms with Crippen molar-refractivity contribution < 1.29 is 14.7 Å². The van der Waals surface area contributed by atoms with Gasteiger partial charge in [0.2, 0.25) is 0 Å². The number of Topliss-reactive ketones (excluding diaryl/α,β-unsaturated/α-hetero) is 1. The summed E-state index contributed by atoms with van der Waals surface area (Å²) in [6.07, 6.45) is 0. The fourth-order valence-corrected chi connectivity index (χ4v) is 2.42. The molecule has 24 heavy (non-hydrogen) atoms. The molecule has 0 radical (unpaired) electrons. The Kier molecular flexibility index (Phi) is 5.17. The number of amides is 1. The minimum Gasteiger partial charge on any atom is -0.393 e. The number of hydrogen-bond donors (Lipinski definition) is 3. The topological polar surface area (TPSA) is 92.4 Å². The first-order valence-corrected chi connectivity index (χ1v) is 7.69. The van der Waals surface area contributed by atoms with Gasteiger partial charge >= 0.3 is 0 Å². The van der Waals surface area contributed by atoms with Crippen molar-refractivity contribution in [3.8, 4) is 0 Å². The molecule has 0 aliphatic heterocycles. The van der Waals surface area contributed by atoms with E-state index in [-0.39, 0.29) is 5.56 Å². The minimum atomic E-state index is -2.03. The molecule has 0 fully saturated rings. The standard InChI is InChI=1S/C19H22N2O3/c1-18(2,15-11-7-4-8-12-15)21-17(24)19(20,13-22)16(23)14-9-5-3-6-10-14/h3-12,22H,13,20H2,1-2H3,(H,21,24)/t19-/m0/s1. The van der Waals surface area contributed by atoms with Crippen LogP contribution in [0.25, 0.3) is 0 Å². The first-order chi connectivity index (χ1) is 11.3. The Bertz CT molecular complexity index is 714. The number of carbonyl (C=O) groups is 2. The van der Waals surface area contributed by atoms with Crippen molar-refractivity contribution in [1.82, 2.24) is 5.32 Å². The van der Waals surface area contributed by atoms with Crippen LogP contribution in [0.3, 0.4) is 0 Å².